The first-order valence-corrected chi connectivity index (χ1v) is 8.81. The molecular formula is C19H19N3O2S. The number of thiazole rings is 1. The third kappa shape index (κ3) is 4.22. The Morgan fingerprint density at radius 2 is 1.96 bits per heavy atom. The van der Waals surface area contributed by atoms with Crippen molar-refractivity contribution in [2.75, 3.05) is 0 Å². The second-order valence-electron chi connectivity index (χ2n) is 5.85. The van der Waals surface area contributed by atoms with E-state index >= 15 is 0 Å². The highest BCUT2D eigenvalue weighted by atomic mass is 32.1. The van der Waals surface area contributed by atoms with Crippen LogP contribution in [0.5, 0.6) is 0 Å². The van der Waals surface area contributed by atoms with Gasteiger partial charge < -0.3 is 10.3 Å². The Morgan fingerprint density at radius 3 is 2.68 bits per heavy atom. The van der Waals surface area contributed by atoms with Gasteiger partial charge in [-0.2, -0.15) is 0 Å². The van der Waals surface area contributed by atoms with Crippen molar-refractivity contribution in [2.45, 2.75) is 26.8 Å². The summed E-state index contributed by atoms with van der Waals surface area (Å²) in [5, 5.41) is 3.73. The van der Waals surface area contributed by atoms with E-state index in [2.05, 4.69) is 15.3 Å². The highest BCUT2D eigenvalue weighted by Gasteiger charge is 2.15. The molecule has 0 spiro atoms. The summed E-state index contributed by atoms with van der Waals surface area (Å²) in [6.45, 7) is 4.19. The maximum atomic E-state index is 12.3. The van der Waals surface area contributed by atoms with Gasteiger partial charge in [-0.1, -0.05) is 35.9 Å². The van der Waals surface area contributed by atoms with Gasteiger partial charge in [0, 0.05) is 28.7 Å². The lowest BCUT2D eigenvalue weighted by Gasteiger charge is -2.05. The SMILES string of the molecule is Cc1ccc(-c2nc(C)sc2CC(=O)NCc2ccc[nH]c2=O)cc1. The van der Waals surface area contributed by atoms with Crippen molar-refractivity contribution in [1.29, 1.82) is 0 Å². The maximum absolute atomic E-state index is 12.3. The Morgan fingerprint density at radius 1 is 1.20 bits per heavy atom. The maximum Gasteiger partial charge on any atom is 0.252 e. The predicted octanol–water partition coefficient (Wildman–Crippen LogP) is 2.97. The molecular weight excluding hydrogens is 334 g/mol. The van der Waals surface area contributed by atoms with E-state index in [9.17, 15) is 9.59 Å². The molecule has 128 valence electrons. The smallest absolute Gasteiger partial charge is 0.252 e. The van der Waals surface area contributed by atoms with E-state index < -0.39 is 0 Å². The van der Waals surface area contributed by atoms with Crippen molar-refractivity contribution in [3.63, 3.8) is 0 Å². The van der Waals surface area contributed by atoms with Crippen molar-refractivity contribution in [2.24, 2.45) is 0 Å². The number of benzene rings is 1. The zero-order chi connectivity index (χ0) is 17.8. The quantitative estimate of drug-likeness (QED) is 0.740. The molecule has 2 aromatic heterocycles. The van der Waals surface area contributed by atoms with Crippen LogP contribution in [0, 0.1) is 13.8 Å². The molecule has 0 radical (unpaired) electrons. The molecule has 0 saturated heterocycles. The number of aromatic amines is 1. The number of carbonyl (C=O) groups excluding carboxylic acids is 1. The lowest BCUT2D eigenvalue weighted by atomic mass is 10.1. The van der Waals surface area contributed by atoms with Gasteiger partial charge in [0.25, 0.3) is 5.56 Å². The van der Waals surface area contributed by atoms with Crippen LogP contribution < -0.4 is 10.9 Å². The Hall–Kier alpha value is -2.73. The molecule has 3 aromatic rings. The summed E-state index contributed by atoms with van der Waals surface area (Å²) in [6, 6.07) is 11.6. The number of aromatic nitrogens is 2. The molecule has 6 heteroatoms. The van der Waals surface area contributed by atoms with Gasteiger partial charge in [0.1, 0.15) is 0 Å². The number of amides is 1. The Labute approximate surface area is 149 Å². The summed E-state index contributed by atoms with van der Waals surface area (Å²) < 4.78 is 0. The lowest BCUT2D eigenvalue weighted by Crippen LogP contribution is -2.27. The Balaban J connectivity index is 1.72. The minimum Gasteiger partial charge on any atom is -0.352 e. The summed E-state index contributed by atoms with van der Waals surface area (Å²) in [7, 11) is 0. The van der Waals surface area contributed by atoms with Crippen molar-refractivity contribution in [3.05, 3.63) is 74.0 Å². The Bertz CT molecular complexity index is 942. The second-order valence-corrected chi connectivity index (χ2v) is 7.14. The monoisotopic (exact) mass is 353 g/mol. The van der Waals surface area contributed by atoms with Crippen LogP contribution in [0.15, 0.2) is 47.4 Å². The van der Waals surface area contributed by atoms with Gasteiger partial charge in [0.15, 0.2) is 0 Å². The number of aryl methyl sites for hydroxylation is 2. The largest absolute Gasteiger partial charge is 0.352 e. The number of nitrogens with one attached hydrogen (secondary N) is 2. The zero-order valence-corrected chi connectivity index (χ0v) is 14.9. The molecule has 2 heterocycles. The second kappa shape index (κ2) is 7.44. The molecule has 0 aliphatic carbocycles. The van der Waals surface area contributed by atoms with Crippen LogP contribution in [0.4, 0.5) is 0 Å². The molecule has 3 rings (SSSR count). The lowest BCUT2D eigenvalue weighted by molar-refractivity contribution is -0.120. The molecule has 0 unspecified atom stereocenters. The minimum atomic E-state index is -0.184. The van der Waals surface area contributed by atoms with Gasteiger partial charge >= 0.3 is 0 Å². The fraction of sp³-hybridized carbons (Fsp3) is 0.211. The van der Waals surface area contributed by atoms with E-state index in [-0.39, 0.29) is 24.4 Å². The van der Waals surface area contributed by atoms with Gasteiger partial charge in [-0.25, -0.2) is 4.98 Å². The van der Waals surface area contributed by atoms with Crippen LogP contribution >= 0.6 is 11.3 Å². The number of H-pyrrole nitrogens is 1. The number of hydrogen-bond acceptors (Lipinski definition) is 4. The highest BCUT2D eigenvalue weighted by molar-refractivity contribution is 7.12. The standard InChI is InChI=1S/C19H19N3O2S/c1-12-5-7-14(8-6-12)18-16(25-13(2)22-18)10-17(23)21-11-15-4-3-9-20-19(15)24/h3-9H,10-11H2,1-2H3,(H,20,24)(H,21,23). The number of pyridine rings is 1. The first-order chi connectivity index (χ1) is 12.0. The number of rotatable bonds is 5. The molecule has 1 aromatic carbocycles. The molecule has 25 heavy (non-hydrogen) atoms. The zero-order valence-electron chi connectivity index (χ0n) is 14.1. The van der Waals surface area contributed by atoms with Gasteiger partial charge in [-0.3, -0.25) is 9.59 Å². The summed E-state index contributed by atoms with van der Waals surface area (Å²) in [4.78, 5) is 32.1. The summed E-state index contributed by atoms with van der Waals surface area (Å²) in [6.07, 6.45) is 1.82. The van der Waals surface area contributed by atoms with Gasteiger partial charge in [0.05, 0.1) is 17.1 Å². The Kier molecular flexibility index (Phi) is 5.09. The van der Waals surface area contributed by atoms with Gasteiger partial charge in [0.2, 0.25) is 5.91 Å². The fourth-order valence-electron chi connectivity index (χ4n) is 2.52. The molecule has 0 saturated carbocycles. The topological polar surface area (TPSA) is 74.8 Å². The molecule has 5 nitrogen and oxygen atoms in total. The van der Waals surface area contributed by atoms with E-state index in [0.29, 0.717) is 5.56 Å². The summed E-state index contributed by atoms with van der Waals surface area (Å²) in [5.41, 5.74) is 3.41. The minimum absolute atomic E-state index is 0.125. The van der Waals surface area contributed by atoms with E-state index in [1.807, 2.05) is 38.1 Å². The van der Waals surface area contributed by atoms with E-state index in [4.69, 9.17) is 0 Å². The molecule has 0 fully saturated rings. The molecule has 0 aliphatic rings. The van der Waals surface area contributed by atoms with Crippen molar-refractivity contribution in [3.8, 4) is 11.3 Å². The van der Waals surface area contributed by atoms with Crippen molar-refractivity contribution >= 4 is 17.2 Å². The third-order valence-corrected chi connectivity index (χ3v) is 4.80. The number of hydrogen-bond donors (Lipinski definition) is 2. The van der Waals surface area contributed by atoms with Gasteiger partial charge in [-0.15, -0.1) is 11.3 Å². The van der Waals surface area contributed by atoms with Crippen LogP contribution in [0.25, 0.3) is 11.3 Å². The highest BCUT2D eigenvalue weighted by Crippen LogP contribution is 2.28. The molecule has 2 N–H and O–H groups in total. The van der Waals surface area contributed by atoms with E-state index in [1.165, 1.54) is 16.9 Å². The molecule has 0 aliphatic heterocycles. The van der Waals surface area contributed by atoms with Gasteiger partial charge in [-0.05, 0) is 19.9 Å². The first-order valence-electron chi connectivity index (χ1n) is 7.99. The first kappa shape index (κ1) is 17.1. The summed E-state index contributed by atoms with van der Waals surface area (Å²) in [5.74, 6) is -0.125. The summed E-state index contributed by atoms with van der Waals surface area (Å²) >= 11 is 1.53. The van der Waals surface area contributed by atoms with Crippen molar-refractivity contribution < 1.29 is 4.79 Å². The average Bonchev–Trinajstić information content (AvgIpc) is 2.95. The number of carbonyl (C=O) groups is 1. The van der Waals surface area contributed by atoms with Crippen LogP contribution in [0.3, 0.4) is 0 Å². The molecule has 1 amide bonds. The van der Waals surface area contributed by atoms with E-state index in [0.717, 1.165) is 21.1 Å². The average molecular weight is 353 g/mol. The molecule has 0 atom stereocenters. The third-order valence-electron chi connectivity index (χ3n) is 3.83. The molecule has 0 bridgehead atoms. The van der Waals surface area contributed by atoms with E-state index in [1.54, 1.807) is 18.3 Å². The normalized spacial score (nSPS) is 10.6. The van der Waals surface area contributed by atoms with Crippen LogP contribution in [0.1, 0.15) is 21.0 Å². The van der Waals surface area contributed by atoms with Crippen LogP contribution in [-0.4, -0.2) is 15.9 Å². The predicted molar refractivity (Wildman–Crippen MR) is 99.6 cm³/mol. The van der Waals surface area contributed by atoms with Crippen LogP contribution in [0.2, 0.25) is 0 Å². The number of nitrogens with zero attached hydrogens (tertiary/aromatic N) is 1. The fourth-order valence-corrected chi connectivity index (χ4v) is 3.48. The van der Waals surface area contributed by atoms with Crippen LogP contribution in [-0.2, 0) is 17.8 Å². The van der Waals surface area contributed by atoms with Crippen molar-refractivity contribution in [1.82, 2.24) is 15.3 Å².